The van der Waals surface area contributed by atoms with Crippen molar-refractivity contribution in [3.63, 3.8) is 0 Å². The summed E-state index contributed by atoms with van der Waals surface area (Å²) in [7, 11) is 1.30. The predicted octanol–water partition coefficient (Wildman–Crippen LogP) is 3.29. The lowest BCUT2D eigenvalue weighted by molar-refractivity contribution is -0.385. The molecule has 2 atom stereocenters. The highest BCUT2D eigenvalue weighted by molar-refractivity contribution is 5.93. The van der Waals surface area contributed by atoms with E-state index < -0.39 is 22.9 Å². The topological polar surface area (TPSA) is 108 Å². The van der Waals surface area contributed by atoms with Crippen molar-refractivity contribution < 1.29 is 24.0 Å². The average molecular weight is 400 g/mol. The molecule has 0 aliphatic heterocycles. The van der Waals surface area contributed by atoms with E-state index in [0.717, 1.165) is 18.9 Å². The van der Waals surface area contributed by atoms with E-state index in [1.165, 1.54) is 31.7 Å². The molecule has 8 heteroatoms. The highest BCUT2D eigenvalue weighted by atomic mass is 16.6. The fraction of sp³-hybridized carbons (Fsp3) is 0.333. The summed E-state index contributed by atoms with van der Waals surface area (Å²) in [4.78, 5) is 35.0. The van der Waals surface area contributed by atoms with Gasteiger partial charge in [-0.25, -0.2) is 4.79 Å². The number of benzene rings is 2. The van der Waals surface area contributed by atoms with E-state index in [1.54, 1.807) is 0 Å². The number of hydrogen-bond donors (Lipinski definition) is 1. The van der Waals surface area contributed by atoms with Crippen LogP contribution in [0.3, 0.4) is 0 Å². The molecule has 0 aromatic heterocycles. The molecule has 0 aliphatic carbocycles. The molecular formula is C21H24N2O6. The second-order valence-corrected chi connectivity index (χ2v) is 6.63. The minimum absolute atomic E-state index is 0.0320. The van der Waals surface area contributed by atoms with Crippen LogP contribution in [0.15, 0.2) is 48.5 Å². The molecule has 0 fully saturated rings. The second-order valence-electron chi connectivity index (χ2n) is 6.63. The summed E-state index contributed by atoms with van der Waals surface area (Å²) in [5.41, 5.74) is 0.789. The van der Waals surface area contributed by atoms with Crippen LogP contribution in [0.2, 0.25) is 0 Å². The van der Waals surface area contributed by atoms with Crippen molar-refractivity contribution >= 4 is 17.6 Å². The maximum absolute atomic E-state index is 12.3. The first-order valence-corrected chi connectivity index (χ1v) is 9.19. The van der Waals surface area contributed by atoms with Gasteiger partial charge in [0.25, 0.3) is 5.91 Å². The number of rotatable bonds is 9. The van der Waals surface area contributed by atoms with E-state index in [4.69, 9.17) is 9.47 Å². The second kappa shape index (κ2) is 10.2. The Morgan fingerprint density at radius 2 is 1.83 bits per heavy atom. The zero-order valence-electron chi connectivity index (χ0n) is 16.6. The Morgan fingerprint density at radius 3 is 2.45 bits per heavy atom. The molecule has 0 saturated heterocycles. The van der Waals surface area contributed by atoms with Gasteiger partial charge in [0, 0.05) is 12.1 Å². The number of methoxy groups -OCH3 is 1. The Bertz CT molecular complexity index is 869. The van der Waals surface area contributed by atoms with Gasteiger partial charge in [-0.1, -0.05) is 30.3 Å². The maximum Gasteiger partial charge on any atom is 0.339 e. The number of esters is 1. The third kappa shape index (κ3) is 6.31. The monoisotopic (exact) mass is 400 g/mol. The standard InChI is InChI=1S/C21H24N2O6/c1-14(9-10-16-7-5-4-6-8-16)22-20(24)15(2)29-21(25)17-11-12-19(28-3)18(13-17)23(26)27/h4-8,11-15H,9-10H2,1-3H3,(H,22,24)/t14-,15+/m1/s1. The van der Waals surface area contributed by atoms with Crippen molar-refractivity contribution in [2.24, 2.45) is 0 Å². The normalized spacial score (nSPS) is 12.5. The van der Waals surface area contributed by atoms with Gasteiger partial charge < -0.3 is 14.8 Å². The summed E-state index contributed by atoms with van der Waals surface area (Å²) >= 11 is 0. The lowest BCUT2D eigenvalue weighted by Crippen LogP contribution is -2.41. The number of nitrogens with one attached hydrogen (secondary N) is 1. The maximum atomic E-state index is 12.3. The van der Waals surface area contributed by atoms with Gasteiger partial charge in [0.1, 0.15) is 0 Å². The molecule has 1 amide bonds. The summed E-state index contributed by atoms with van der Waals surface area (Å²) < 4.78 is 10.1. The van der Waals surface area contributed by atoms with E-state index in [0.29, 0.717) is 0 Å². The molecule has 154 valence electrons. The fourth-order valence-electron chi connectivity index (χ4n) is 2.70. The van der Waals surface area contributed by atoms with Crippen LogP contribution in [0.1, 0.15) is 36.2 Å². The fourth-order valence-corrected chi connectivity index (χ4v) is 2.70. The Labute approximate surface area is 169 Å². The molecule has 1 N–H and O–H groups in total. The zero-order valence-corrected chi connectivity index (χ0v) is 16.6. The highest BCUT2D eigenvalue weighted by Gasteiger charge is 2.23. The van der Waals surface area contributed by atoms with Gasteiger partial charge in [0.05, 0.1) is 17.6 Å². The predicted molar refractivity (Wildman–Crippen MR) is 107 cm³/mol. The van der Waals surface area contributed by atoms with E-state index in [-0.39, 0.29) is 23.0 Å². The molecule has 0 aliphatic rings. The SMILES string of the molecule is COc1ccc(C(=O)O[C@@H](C)C(=O)N[C@H](C)CCc2ccccc2)cc1[N+](=O)[O-]. The van der Waals surface area contributed by atoms with Crippen LogP contribution in [-0.4, -0.2) is 36.1 Å². The quantitative estimate of drug-likeness (QED) is 0.393. The van der Waals surface area contributed by atoms with E-state index in [2.05, 4.69) is 5.32 Å². The summed E-state index contributed by atoms with van der Waals surface area (Å²) in [5, 5.41) is 13.9. The zero-order chi connectivity index (χ0) is 21.4. The molecule has 0 spiro atoms. The number of hydrogen-bond acceptors (Lipinski definition) is 6. The first-order chi connectivity index (χ1) is 13.8. The van der Waals surface area contributed by atoms with Crippen LogP contribution >= 0.6 is 0 Å². The van der Waals surface area contributed by atoms with Crippen molar-refractivity contribution in [3.05, 3.63) is 69.8 Å². The Kier molecular flexibility index (Phi) is 7.70. The molecule has 2 rings (SSSR count). The van der Waals surface area contributed by atoms with Crippen molar-refractivity contribution in [3.8, 4) is 5.75 Å². The summed E-state index contributed by atoms with van der Waals surface area (Å²) in [5.74, 6) is -1.22. The van der Waals surface area contributed by atoms with Crippen molar-refractivity contribution in [2.45, 2.75) is 38.8 Å². The van der Waals surface area contributed by atoms with E-state index in [1.807, 2.05) is 37.3 Å². The third-order valence-corrected chi connectivity index (χ3v) is 4.36. The van der Waals surface area contributed by atoms with Gasteiger partial charge >= 0.3 is 11.7 Å². The molecule has 2 aromatic carbocycles. The number of ether oxygens (including phenoxy) is 2. The van der Waals surface area contributed by atoms with Gasteiger partial charge in [0.2, 0.25) is 0 Å². The minimum atomic E-state index is -1.04. The van der Waals surface area contributed by atoms with Crippen molar-refractivity contribution in [2.75, 3.05) is 7.11 Å². The van der Waals surface area contributed by atoms with Crippen LogP contribution in [0.5, 0.6) is 5.75 Å². The molecular weight excluding hydrogens is 376 g/mol. The number of carbonyl (C=O) groups is 2. The summed E-state index contributed by atoms with van der Waals surface area (Å²) in [6.07, 6.45) is 0.510. The molecule has 0 heterocycles. The number of nitro groups is 1. The molecule has 0 saturated carbocycles. The minimum Gasteiger partial charge on any atom is -0.490 e. The van der Waals surface area contributed by atoms with Crippen LogP contribution in [-0.2, 0) is 16.0 Å². The number of aryl methyl sites for hydroxylation is 1. The summed E-state index contributed by atoms with van der Waals surface area (Å²) in [6, 6.07) is 13.5. The van der Waals surface area contributed by atoms with Gasteiger partial charge in [-0.3, -0.25) is 14.9 Å². The smallest absolute Gasteiger partial charge is 0.339 e. The number of nitrogens with zero attached hydrogens (tertiary/aromatic N) is 1. The Morgan fingerprint density at radius 1 is 1.14 bits per heavy atom. The van der Waals surface area contributed by atoms with E-state index >= 15 is 0 Å². The largest absolute Gasteiger partial charge is 0.490 e. The first kappa shape index (κ1) is 21.9. The molecule has 8 nitrogen and oxygen atoms in total. The molecule has 0 radical (unpaired) electrons. The van der Waals surface area contributed by atoms with E-state index in [9.17, 15) is 19.7 Å². The van der Waals surface area contributed by atoms with Crippen LogP contribution < -0.4 is 10.1 Å². The average Bonchev–Trinajstić information content (AvgIpc) is 2.72. The van der Waals surface area contributed by atoms with Crippen molar-refractivity contribution in [1.82, 2.24) is 5.32 Å². The van der Waals surface area contributed by atoms with Gasteiger partial charge in [-0.15, -0.1) is 0 Å². The van der Waals surface area contributed by atoms with Gasteiger partial charge in [-0.05, 0) is 44.4 Å². The van der Waals surface area contributed by atoms with Crippen molar-refractivity contribution in [1.29, 1.82) is 0 Å². The first-order valence-electron chi connectivity index (χ1n) is 9.19. The Balaban J connectivity index is 1.90. The summed E-state index contributed by atoms with van der Waals surface area (Å²) in [6.45, 7) is 3.33. The Hall–Kier alpha value is -3.42. The van der Waals surface area contributed by atoms with Crippen LogP contribution in [0, 0.1) is 10.1 Å². The molecule has 0 unspecified atom stereocenters. The molecule has 2 aromatic rings. The third-order valence-electron chi connectivity index (χ3n) is 4.36. The molecule has 0 bridgehead atoms. The van der Waals surface area contributed by atoms with Gasteiger partial charge in [0.15, 0.2) is 11.9 Å². The van der Waals surface area contributed by atoms with Crippen LogP contribution in [0.4, 0.5) is 5.69 Å². The molecule has 29 heavy (non-hydrogen) atoms. The van der Waals surface area contributed by atoms with Gasteiger partial charge in [-0.2, -0.15) is 0 Å². The lowest BCUT2D eigenvalue weighted by Gasteiger charge is -2.18. The van der Waals surface area contributed by atoms with Crippen LogP contribution in [0.25, 0.3) is 0 Å². The lowest BCUT2D eigenvalue weighted by atomic mass is 10.1. The highest BCUT2D eigenvalue weighted by Crippen LogP contribution is 2.27. The number of nitro benzene ring substituents is 1. The number of amides is 1. The number of carbonyl (C=O) groups excluding carboxylic acids is 2.